The van der Waals surface area contributed by atoms with Gasteiger partial charge in [-0.15, -0.1) is 0 Å². The van der Waals surface area contributed by atoms with Crippen molar-refractivity contribution >= 4 is 33.7 Å². The van der Waals surface area contributed by atoms with E-state index in [1.54, 1.807) is 17.0 Å². The minimum atomic E-state index is -0.534. The molecule has 2 heterocycles. The largest absolute Gasteiger partial charge is 0.444 e. The summed E-state index contributed by atoms with van der Waals surface area (Å²) in [7, 11) is 0. The number of nitrogens with one attached hydrogen (secondary N) is 2. The maximum Gasteiger partial charge on any atom is 0.410 e. The van der Waals surface area contributed by atoms with Gasteiger partial charge in [-0.05, 0) is 55.3 Å². The van der Waals surface area contributed by atoms with Crippen LogP contribution in [-0.4, -0.2) is 39.2 Å². The number of benzene rings is 1. The third-order valence-corrected chi connectivity index (χ3v) is 4.63. The predicted octanol–water partition coefficient (Wildman–Crippen LogP) is 3.72. The predicted molar refractivity (Wildman–Crippen MR) is 101 cm³/mol. The van der Waals surface area contributed by atoms with Gasteiger partial charge in [-0.1, -0.05) is 12.1 Å². The van der Waals surface area contributed by atoms with Gasteiger partial charge in [-0.25, -0.2) is 4.79 Å². The first kappa shape index (κ1) is 18.4. The Kier molecular flexibility index (Phi) is 5.04. The van der Waals surface area contributed by atoms with Crippen LogP contribution in [0.2, 0.25) is 0 Å². The quantitative estimate of drug-likeness (QED) is 0.774. The topological polar surface area (TPSA) is 87.3 Å². The van der Waals surface area contributed by atoms with Gasteiger partial charge in [0.1, 0.15) is 5.60 Å². The van der Waals surface area contributed by atoms with Crippen molar-refractivity contribution in [2.45, 2.75) is 39.3 Å². The van der Waals surface area contributed by atoms with E-state index in [1.807, 2.05) is 32.9 Å². The molecule has 1 aromatic carbocycles. The minimum Gasteiger partial charge on any atom is -0.444 e. The van der Waals surface area contributed by atoms with E-state index in [0.717, 1.165) is 15.7 Å². The Bertz CT molecular complexity index is 841. The molecule has 8 heteroatoms. The van der Waals surface area contributed by atoms with Crippen LogP contribution in [0, 0.1) is 0 Å². The number of anilines is 1. The number of hydrogen-bond acceptors (Lipinski definition) is 4. The van der Waals surface area contributed by atoms with Gasteiger partial charge in [0.25, 0.3) is 5.91 Å². The molecule has 2 N–H and O–H groups in total. The lowest BCUT2D eigenvalue weighted by Gasteiger charge is -2.29. The highest BCUT2D eigenvalue weighted by Crippen LogP contribution is 2.26. The summed E-state index contributed by atoms with van der Waals surface area (Å²) in [5.74, 6) is 0.269. The van der Waals surface area contributed by atoms with E-state index in [-0.39, 0.29) is 12.0 Å². The first-order chi connectivity index (χ1) is 12.2. The Morgan fingerprint density at radius 2 is 2.04 bits per heavy atom. The molecule has 0 unspecified atom stereocenters. The van der Waals surface area contributed by atoms with Crippen LogP contribution in [0.1, 0.15) is 42.4 Å². The van der Waals surface area contributed by atoms with Gasteiger partial charge >= 0.3 is 6.09 Å². The van der Waals surface area contributed by atoms with Gasteiger partial charge in [0, 0.05) is 16.6 Å². The number of carbonyl (C=O) groups is 2. The normalized spacial score (nSPS) is 13.9. The molecular weight excluding hydrogens is 400 g/mol. The van der Waals surface area contributed by atoms with Crippen molar-refractivity contribution in [2.24, 2.45) is 0 Å². The van der Waals surface area contributed by atoms with Crippen LogP contribution in [0.4, 0.5) is 10.6 Å². The number of aromatic amines is 1. The fourth-order valence-corrected chi connectivity index (χ4v) is 3.19. The Morgan fingerprint density at radius 3 is 2.73 bits per heavy atom. The molecule has 0 saturated heterocycles. The molecule has 0 bridgehead atoms. The molecule has 1 aliphatic heterocycles. The molecule has 1 aliphatic rings. The summed E-state index contributed by atoms with van der Waals surface area (Å²) < 4.78 is 6.13. The molecule has 138 valence electrons. The van der Waals surface area contributed by atoms with Crippen molar-refractivity contribution in [3.05, 3.63) is 45.6 Å². The van der Waals surface area contributed by atoms with Crippen molar-refractivity contribution in [1.29, 1.82) is 0 Å². The molecule has 1 aromatic heterocycles. The molecule has 2 amide bonds. The number of halogens is 1. The van der Waals surface area contributed by atoms with Gasteiger partial charge < -0.3 is 15.0 Å². The zero-order valence-corrected chi connectivity index (χ0v) is 16.5. The Labute approximate surface area is 160 Å². The van der Waals surface area contributed by atoms with Gasteiger partial charge in [0.2, 0.25) is 0 Å². The van der Waals surface area contributed by atoms with Crippen molar-refractivity contribution in [3.8, 4) is 0 Å². The van der Waals surface area contributed by atoms with Crippen LogP contribution >= 0.6 is 15.9 Å². The van der Waals surface area contributed by atoms with E-state index in [2.05, 4.69) is 31.4 Å². The zero-order valence-electron chi connectivity index (χ0n) is 14.9. The number of carbonyl (C=O) groups excluding carboxylic acids is 2. The average molecular weight is 421 g/mol. The summed E-state index contributed by atoms with van der Waals surface area (Å²) in [6, 6.07) is 7.21. The van der Waals surface area contributed by atoms with E-state index in [9.17, 15) is 9.59 Å². The number of ether oxygens (including phenoxy) is 1. The monoisotopic (exact) mass is 420 g/mol. The number of H-pyrrole nitrogens is 1. The lowest BCUT2D eigenvalue weighted by Crippen LogP contribution is -2.39. The number of nitrogens with zero attached hydrogens (tertiary/aromatic N) is 2. The summed E-state index contributed by atoms with van der Waals surface area (Å²) in [6.07, 6.45) is 0.243. The molecular formula is C18H21BrN4O3. The second kappa shape index (κ2) is 7.11. The average Bonchev–Trinajstić information content (AvgIpc) is 2.96. The summed E-state index contributed by atoms with van der Waals surface area (Å²) >= 11 is 3.38. The molecule has 0 saturated carbocycles. The lowest BCUT2D eigenvalue weighted by molar-refractivity contribution is 0.0221. The van der Waals surface area contributed by atoms with Crippen LogP contribution in [0.15, 0.2) is 28.7 Å². The van der Waals surface area contributed by atoms with Crippen LogP contribution in [0.5, 0.6) is 0 Å². The smallest absolute Gasteiger partial charge is 0.410 e. The standard InChI is InChI=1S/C18H21BrN4O3/c1-18(2,3)26-17(25)23-9-8-12-14(10-23)21-22-15(12)20-16(24)11-6-4-5-7-13(11)19/h4-7H,8-10H2,1-3H3,(H2,20,21,22,24). The highest BCUT2D eigenvalue weighted by atomic mass is 79.9. The van der Waals surface area contributed by atoms with Gasteiger partial charge in [-0.3, -0.25) is 9.89 Å². The highest BCUT2D eigenvalue weighted by molar-refractivity contribution is 9.10. The summed E-state index contributed by atoms with van der Waals surface area (Å²) in [6.45, 7) is 6.41. The maximum absolute atomic E-state index is 12.5. The van der Waals surface area contributed by atoms with Gasteiger partial charge in [0.05, 0.1) is 17.8 Å². The maximum atomic E-state index is 12.5. The fraction of sp³-hybridized carbons (Fsp3) is 0.389. The molecule has 3 rings (SSSR count). The van der Waals surface area contributed by atoms with Crippen molar-refractivity contribution in [2.75, 3.05) is 11.9 Å². The SMILES string of the molecule is CC(C)(C)OC(=O)N1CCc2c(NC(=O)c3ccccc3Br)n[nH]c2C1. The molecule has 2 aromatic rings. The summed E-state index contributed by atoms with van der Waals surface area (Å²) in [4.78, 5) is 26.3. The Hall–Kier alpha value is -2.35. The zero-order chi connectivity index (χ0) is 18.9. The molecule has 7 nitrogen and oxygen atoms in total. The fourth-order valence-electron chi connectivity index (χ4n) is 2.72. The third-order valence-electron chi connectivity index (χ3n) is 3.94. The summed E-state index contributed by atoms with van der Waals surface area (Å²) in [5, 5.41) is 9.97. The molecule has 0 spiro atoms. The molecule has 26 heavy (non-hydrogen) atoms. The van der Waals surface area contributed by atoms with Crippen molar-refractivity contribution in [1.82, 2.24) is 15.1 Å². The number of rotatable bonds is 2. The van der Waals surface area contributed by atoms with E-state index >= 15 is 0 Å². The van der Waals surface area contributed by atoms with Crippen molar-refractivity contribution in [3.63, 3.8) is 0 Å². The van der Waals surface area contributed by atoms with E-state index < -0.39 is 5.60 Å². The van der Waals surface area contributed by atoms with Crippen LogP contribution in [0.25, 0.3) is 0 Å². The Balaban J connectivity index is 1.71. The number of aromatic nitrogens is 2. The second-order valence-corrected chi connectivity index (χ2v) is 7.97. The second-order valence-electron chi connectivity index (χ2n) is 7.12. The van der Waals surface area contributed by atoms with Crippen LogP contribution in [0.3, 0.4) is 0 Å². The molecule has 0 fully saturated rings. The van der Waals surface area contributed by atoms with E-state index in [1.165, 1.54) is 0 Å². The van der Waals surface area contributed by atoms with Crippen LogP contribution < -0.4 is 5.32 Å². The number of amides is 2. The van der Waals surface area contributed by atoms with Crippen LogP contribution in [-0.2, 0) is 17.7 Å². The highest BCUT2D eigenvalue weighted by Gasteiger charge is 2.29. The van der Waals surface area contributed by atoms with E-state index in [0.29, 0.717) is 30.9 Å². The molecule has 0 atom stereocenters. The van der Waals surface area contributed by atoms with Gasteiger partial charge in [-0.2, -0.15) is 5.10 Å². The summed E-state index contributed by atoms with van der Waals surface area (Å²) in [5.41, 5.74) is 1.73. The number of fused-ring (bicyclic) bond motifs is 1. The first-order valence-electron chi connectivity index (χ1n) is 8.34. The molecule has 0 aliphatic carbocycles. The third kappa shape index (κ3) is 4.07. The Morgan fingerprint density at radius 1 is 1.31 bits per heavy atom. The lowest BCUT2D eigenvalue weighted by atomic mass is 10.1. The van der Waals surface area contributed by atoms with Crippen molar-refractivity contribution < 1.29 is 14.3 Å². The van der Waals surface area contributed by atoms with E-state index in [4.69, 9.17) is 4.74 Å². The minimum absolute atomic E-state index is 0.235. The molecule has 0 radical (unpaired) electrons. The first-order valence-corrected chi connectivity index (χ1v) is 9.14. The van der Waals surface area contributed by atoms with Gasteiger partial charge in [0.15, 0.2) is 5.82 Å². The number of hydrogen-bond donors (Lipinski definition) is 2.